The standard InChI is InChI=1S/C21H40O/c1-8-18(9-2)21(7)14-10-11-19(20(21,5)6)13-12-16(3)15-17(4)22/h12,17-19,22H,8-11,13-15H2,1-7H3/b16-12+/t17-,19?,21-/m1/s1. The minimum atomic E-state index is -0.217. The van der Waals surface area contributed by atoms with Gasteiger partial charge in [0.1, 0.15) is 0 Å². The Kier molecular flexibility index (Phi) is 7.18. The first-order valence-corrected chi connectivity index (χ1v) is 9.52. The molecule has 0 aromatic carbocycles. The van der Waals surface area contributed by atoms with Crippen molar-refractivity contribution in [3.8, 4) is 0 Å². The van der Waals surface area contributed by atoms with E-state index in [4.69, 9.17) is 0 Å². The average molecular weight is 309 g/mol. The monoisotopic (exact) mass is 308 g/mol. The molecule has 1 aliphatic carbocycles. The fourth-order valence-corrected chi connectivity index (χ4v) is 5.09. The highest BCUT2D eigenvalue weighted by Crippen LogP contribution is 2.59. The molecule has 1 aliphatic rings. The summed E-state index contributed by atoms with van der Waals surface area (Å²) in [7, 11) is 0. The van der Waals surface area contributed by atoms with Crippen LogP contribution in [0.25, 0.3) is 0 Å². The van der Waals surface area contributed by atoms with Crippen molar-refractivity contribution < 1.29 is 5.11 Å². The molecular weight excluding hydrogens is 268 g/mol. The van der Waals surface area contributed by atoms with Gasteiger partial charge in [0, 0.05) is 0 Å². The zero-order chi connectivity index (χ0) is 17.0. The van der Waals surface area contributed by atoms with Crippen LogP contribution in [0.2, 0.25) is 0 Å². The molecule has 1 rings (SSSR count). The second-order valence-corrected chi connectivity index (χ2v) is 8.58. The van der Waals surface area contributed by atoms with Gasteiger partial charge in [-0.25, -0.2) is 0 Å². The molecule has 0 spiro atoms. The predicted molar refractivity (Wildman–Crippen MR) is 98.0 cm³/mol. The van der Waals surface area contributed by atoms with Crippen molar-refractivity contribution in [1.29, 1.82) is 0 Å². The Morgan fingerprint density at radius 1 is 1.23 bits per heavy atom. The van der Waals surface area contributed by atoms with Gasteiger partial charge >= 0.3 is 0 Å². The maximum atomic E-state index is 9.54. The lowest BCUT2D eigenvalue weighted by molar-refractivity contribution is -0.0692. The van der Waals surface area contributed by atoms with Gasteiger partial charge in [0.2, 0.25) is 0 Å². The quantitative estimate of drug-likeness (QED) is 0.542. The molecule has 1 unspecified atom stereocenters. The van der Waals surface area contributed by atoms with Crippen molar-refractivity contribution in [3.05, 3.63) is 11.6 Å². The first-order valence-electron chi connectivity index (χ1n) is 9.52. The Morgan fingerprint density at radius 2 is 1.82 bits per heavy atom. The Morgan fingerprint density at radius 3 is 2.32 bits per heavy atom. The van der Waals surface area contributed by atoms with Crippen molar-refractivity contribution >= 4 is 0 Å². The van der Waals surface area contributed by atoms with Crippen LogP contribution in [0.15, 0.2) is 11.6 Å². The Bertz CT molecular complexity index is 362. The van der Waals surface area contributed by atoms with Crippen molar-refractivity contribution in [2.45, 2.75) is 99.5 Å². The molecule has 22 heavy (non-hydrogen) atoms. The average Bonchev–Trinajstić information content (AvgIpc) is 2.41. The Labute approximate surface area is 139 Å². The van der Waals surface area contributed by atoms with Gasteiger partial charge in [0.15, 0.2) is 0 Å². The van der Waals surface area contributed by atoms with Crippen LogP contribution >= 0.6 is 0 Å². The van der Waals surface area contributed by atoms with Crippen LogP contribution in [0.4, 0.5) is 0 Å². The van der Waals surface area contributed by atoms with Gasteiger partial charge in [-0.15, -0.1) is 0 Å². The van der Waals surface area contributed by atoms with Gasteiger partial charge in [-0.3, -0.25) is 0 Å². The summed E-state index contributed by atoms with van der Waals surface area (Å²) in [6.07, 6.45) is 10.9. The van der Waals surface area contributed by atoms with E-state index in [-0.39, 0.29) is 6.10 Å². The van der Waals surface area contributed by atoms with Crippen LogP contribution in [0.3, 0.4) is 0 Å². The zero-order valence-electron chi connectivity index (χ0n) is 16.2. The van der Waals surface area contributed by atoms with E-state index in [9.17, 15) is 5.11 Å². The number of allylic oxidation sites excluding steroid dienone is 1. The van der Waals surface area contributed by atoms with E-state index in [0.29, 0.717) is 10.8 Å². The molecule has 0 aromatic heterocycles. The summed E-state index contributed by atoms with van der Waals surface area (Å²) in [5.74, 6) is 1.61. The lowest BCUT2D eigenvalue weighted by atomic mass is 9.48. The lowest BCUT2D eigenvalue weighted by Gasteiger charge is -2.56. The molecule has 3 atom stereocenters. The van der Waals surface area contributed by atoms with Crippen LogP contribution in [-0.4, -0.2) is 11.2 Å². The first kappa shape index (κ1) is 19.7. The summed E-state index contributed by atoms with van der Waals surface area (Å²) < 4.78 is 0. The van der Waals surface area contributed by atoms with Gasteiger partial charge in [-0.05, 0) is 62.2 Å². The van der Waals surface area contributed by atoms with Crippen LogP contribution in [0.1, 0.15) is 93.4 Å². The van der Waals surface area contributed by atoms with E-state index in [0.717, 1.165) is 18.3 Å². The molecule has 1 saturated carbocycles. The summed E-state index contributed by atoms with van der Waals surface area (Å²) in [5.41, 5.74) is 2.20. The van der Waals surface area contributed by atoms with Gasteiger partial charge in [-0.1, -0.05) is 65.5 Å². The molecule has 1 heteroatoms. The highest BCUT2D eigenvalue weighted by atomic mass is 16.3. The minimum absolute atomic E-state index is 0.217. The van der Waals surface area contributed by atoms with Crippen LogP contribution in [0.5, 0.6) is 0 Å². The summed E-state index contributed by atoms with van der Waals surface area (Å²) >= 11 is 0. The molecule has 0 aromatic rings. The summed E-state index contributed by atoms with van der Waals surface area (Å²) in [4.78, 5) is 0. The molecule has 130 valence electrons. The SMILES string of the molecule is CCC(CC)[C@@]1(C)CCCC(C/C=C(\C)C[C@@H](C)O)C1(C)C. The molecule has 0 heterocycles. The van der Waals surface area contributed by atoms with E-state index < -0.39 is 0 Å². The molecule has 1 fully saturated rings. The predicted octanol–water partition coefficient (Wildman–Crippen LogP) is 6.36. The van der Waals surface area contributed by atoms with E-state index >= 15 is 0 Å². The molecule has 0 bridgehead atoms. The largest absolute Gasteiger partial charge is 0.393 e. The number of rotatable bonds is 7. The number of aliphatic hydroxyl groups excluding tert-OH is 1. The summed E-state index contributed by atoms with van der Waals surface area (Å²) in [5, 5.41) is 9.54. The smallest absolute Gasteiger partial charge is 0.0549 e. The highest BCUT2D eigenvalue weighted by molar-refractivity contribution is 5.05. The third-order valence-electron chi connectivity index (χ3n) is 7.00. The van der Waals surface area contributed by atoms with Gasteiger partial charge in [-0.2, -0.15) is 0 Å². The minimum Gasteiger partial charge on any atom is -0.393 e. The fourth-order valence-electron chi connectivity index (χ4n) is 5.09. The van der Waals surface area contributed by atoms with E-state index in [1.165, 1.54) is 44.1 Å². The second kappa shape index (κ2) is 7.99. The lowest BCUT2D eigenvalue weighted by Crippen LogP contribution is -2.48. The van der Waals surface area contributed by atoms with Gasteiger partial charge in [0.05, 0.1) is 6.10 Å². The summed E-state index contributed by atoms with van der Waals surface area (Å²) in [6, 6.07) is 0. The maximum absolute atomic E-state index is 9.54. The third-order valence-corrected chi connectivity index (χ3v) is 7.00. The molecule has 1 nitrogen and oxygen atoms in total. The van der Waals surface area contributed by atoms with Crippen molar-refractivity contribution in [1.82, 2.24) is 0 Å². The van der Waals surface area contributed by atoms with E-state index in [1.54, 1.807) is 0 Å². The van der Waals surface area contributed by atoms with Crippen molar-refractivity contribution in [2.24, 2.45) is 22.7 Å². The third kappa shape index (κ3) is 4.16. The van der Waals surface area contributed by atoms with Gasteiger partial charge < -0.3 is 5.11 Å². The van der Waals surface area contributed by atoms with E-state index in [2.05, 4.69) is 47.6 Å². The first-order chi connectivity index (χ1) is 10.2. The number of hydrogen-bond acceptors (Lipinski definition) is 1. The fraction of sp³-hybridized carbons (Fsp3) is 0.905. The normalized spacial score (nSPS) is 30.6. The number of aliphatic hydroxyl groups is 1. The highest BCUT2D eigenvalue weighted by Gasteiger charge is 2.50. The Balaban J connectivity index is 2.89. The second-order valence-electron chi connectivity index (χ2n) is 8.58. The topological polar surface area (TPSA) is 20.2 Å². The molecule has 0 amide bonds. The maximum Gasteiger partial charge on any atom is 0.0549 e. The van der Waals surface area contributed by atoms with Crippen LogP contribution in [-0.2, 0) is 0 Å². The molecule has 0 radical (unpaired) electrons. The van der Waals surface area contributed by atoms with Crippen LogP contribution in [0, 0.1) is 22.7 Å². The Hall–Kier alpha value is -0.300. The van der Waals surface area contributed by atoms with Crippen LogP contribution < -0.4 is 0 Å². The summed E-state index contributed by atoms with van der Waals surface area (Å²) in [6.45, 7) is 16.4. The van der Waals surface area contributed by atoms with E-state index in [1.807, 2.05) is 6.92 Å². The van der Waals surface area contributed by atoms with Crippen molar-refractivity contribution in [2.75, 3.05) is 0 Å². The van der Waals surface area contributed by atoms with Gasteiger partial charge in [0.25, 0.3) is 0 Å². The number of hydrogen-bond donors (Lipinski definition) is 1. The zero-order valence-corrected chi connectivity index (χ0v) is 16.2. The molecule has 0 aliphatic heterocycles. The molecule has 1 N–H and O–H groups in total. The molecule has 0 saturated heterocycles. The molecular formula is C21H40O. The van der Waals surface area contributed by atoms with Crippen molar-refractivity contribution in [3.63, 3.8) is 0 Å².